The highest BCUT2D eigenvalue weighted by Crippen LogP contribution is 2.47. The first-order chi connectivity index (χ1) is 24.4. The third-order valence-electron chi connectivity index (χ3n) is 8.48. The largest absolute Gasteiger partial charge is 0.497 e. The van der Waals surface area contributed by atoms with Crippen LogP contribution in [0.2, 0.25) is 0 Å². The van der Waals surface area contributed by atoms with E-state index in [0.717, 1.165) is 16.7 Å². The van der Waals surface area contributed by atoms with E-state index < -0.39 is 43.8 Å². The van der Waals surface area contributed by atoms with Crippen molar-refractivity contribution in [2.75, 3.05) is 27.4 Å². The van der Waals surface area contributed by atoms with E-state index in [1.165, 1.54) is 10.8 Å². The maximum Gasteiger partial charge on any atom is 0.330 e. The average Bonchev–Trinajstić information content (AvgIpc) is 3.83. The van der Waals surface area contributed by atoms with Crippen LogP contribution in [0.3, 0.4) is 0 Å². The second-order valence-electron chi connectivity index (χ2n) is 11.6. The molecular formula is C37H39N4O8P. The van der Waals surface area contributed by atoms with E-state index in [0.29, 0.717) is 17.1 Å². The molecule has 12 nitrogen and oxygen atoms in total. The molecule has 260 valence electrons. The third-order valence-corrected chi connectivity index (χ3v) is 9.92. The topological polar surface area (TPSA) is 128 Å². The Morgan fingerprint density at radius 1 is 0.980 bits per heavy atom. The van der Waals surface area contributed by atoms with E-state index in [-0.39, 0.29) is 19.6 Å². The highest BCUT2D eigenvalue weighted by atomic mass is 31.2. The minimum Gasteiger partial charge on any atom is -0.497 e. The van der Waals surface area contributed by atoms with Crippen molar-refractivity contribution in [3.8, 4) is 11.5 Å². The first-order valence-electron chi connectivity index (χ1n) is 16.0. The SMILES string of the molecule is C=CCOP(O[C@H]1C[C@H](n2cc(C)c(=O)[nH]c2=O)O[C@@H]1COC(c1ccccc1)(c1ccc(OC)cc1)c1ccc(OC)cc1)n1ccnc1. The lowest BCUT2D eigenvalue weighted by atomic mass is 9.80. The molecule has 1 N–H and O–H groups in total. The molecule has 5 aromatic rings. The van der Waals surface area contributed by atoms with Crippen LogP contribution >= 0.6 is 8.53 Å². The van der Waals surface area contributed by atoms with Crippen LogP contribution in [0.1, 0.15) is 34.9 Å². The minimum atomic E-state index is -1.68. The van der Waals surface area contributed by atoms with Gasteiger partial charge in [-0.15, -0.1) is 6.58 Å². The summed E-state index contributed by atoms with van der Waals surface area (Å²) >= 11 is 0. The summed E-state index contributed by atoms with van der Waals surface area (Å²) in [7, 11) is 1.57. The Kier molecular flexibility index (Phi) is 11.1. The second kappa shape index (κ2) is 15.8. The number of nitrogens with one attached hydrogen (secondary N) is 1. The molecule has 1 aliphatic rings. The van der Waals surface area contributed by atoms with Crippen molar-refractivity contribution in [1.82, 2.24) is 18.9 Å². The molecule has 1 unspecified atom stereocenters. The van der Waals surface area contributed by atoms with Crippen LogP contribution in [0.5, 0.6) is 11.5 Å². The smallest absolute Gasteiger partial charge is 0.330 e. The van der Waals surface area contributed by atoms with Gasteiger partial charge in [0, 0.05) is 30.6 Å². The predicted molar refractivity (Wildman–Crippen MR) is 188 cm³/mol. The molecule has 50 heavy (non-hydrogen) atoms. The molecule has 6 rings (SSSR count). The maximum absolute atomic E-state index is 13.0. The van der Waals surface area contributed by atoms with E-state index >= 15 is 0 Å². The lowest BCUT2D eigenvalue weighted by Gasteiger charge is -2.37. The van der Waals surface area contributed by atoms with Gasteiger partial charge in [0.25, 0.3) is 14.1 Å². The zero-order chi connectivity index (χ0) is 35.1. The standard InChI is InChI=1S/C37H39N4O8P/c1-5-21-47-50(40-20-19-38-25-40)49-32-22-34(41-23-26(2)35(42)39-36(41)43)48-33(32)24-46-37(27-9-7-6-8-10-27,28-11-15-30(44-3)16-12-28)29-13-17-31(45-4)18-14-29/h5-20,23,25,32-34H,1,21-22,24H2,2-4H3,(H,39,42,43)/t32-,33+,34+,50?/m0/s1. The molecule has 13 heteroatoms. The quantitative estimate of drug-likeness (QED) is 0.0830. The average molecular weight is 699 g/mol. The highest BCUT2D eigenvalue weighted by molar-refractivity contribution is 7.45. The zero-order valence-electron chi connectivity index (χ0n) is 28.0. The van der Waals surface area contributed by atoms with Crippen molar-refractivity contribution < 1.29 is 28.0 Å². The highest BCUT2D eigenvalue weighted by Gasteiger charge is 2.44. The number of aryl methyl sites for hydroxylation is 1. The van der Waals surface area contributed by atoms with Crippen molar-refractivity contribution in [3.05, 3.63) is 160 Å². The Morgan fingerprint density at radius 2 is 1.62 bits per heavy atom. The van der Waals surface area contributed by atoms with Crippen molar-refractivity contribution >= 4 is 8.53 Å². The number of benzene rings is 3. The summed E-state index contributed by atoms with van der Waals surface area (Å²) in [6, 6.07) is 25.4. The van der Waals surface area contributed by atoms with E-state index in [1.807, 2.05) is 78.9 Å². The molecule has 0 spiro atoms. The Morgan fingerprint density at radius 3 is 2.20 bits per heavy atom. The first-order valence-corrected chi connectivity index (χ1v) is 17.1. The summed E-state index contributed by atoms with van der Waals surface area (Å²) in [6.45, 7) is 5.70. The second-order valence-corrected chi connectivity index (χ2v) is 13.0. The predicted octanol–water partition coefficient (Wildman–Crippen LogP) is 5.72. The van der Waals surface area contributed by atoms with E-state index in [9.17, 15) is 9.59 Å². The Balaban J connectivity index is 1.42. The molecule has 0 bridgehead atoms. The third kappa shape index (κ3) is 7.35. The van der Waals surface area contributed by atoms with Crippen molar-refractivity contribution in [2.45, 2.75) is 37.4 Å². The summed E-state index contributed by atoms with van der Waals surface area (Å²) in [4.78, 5) is 31.8. The molecule has 4 atom stereocenters. The van der Waals surface area contributed by atoms with Crippen molar-refractivity contribution in [1.29, 1.82) is 0 Å². The number of ether oxygens (including phenoxy) is 4. The number of methoxy groups -OCH3 is 2. The summed E-state index contributed by atoms with van der Waals surface area (Å²) in [5.41, 5.74) is 0.803. The molecule has 0 amide bonds. The van der Waals surface area contributed by atoms with Crippen molar-refractivity contribution in [3.63, 3.8) is 0 Å². The fraction of sp³-hybridized carbons (Fsp3) is 0.270. The maximum atomic E-state index is 13.0. The summed E-state index contributed by atoms with van der Waals surface area (Å²) in [5.74, 6) is 1.41. The van der Waals surface area contributed by atoms with E-state index in [4.69, 9.17) is 28.0 Å². The van der Waals surface area contributed by atoms with Gasteiger partial charge in [-0.05, 0) is 47.9 Å². The van der Waals surface area contributed by atoms with Crippen LogP contribution in [-0.4, -0.2) is 58.5 Å². The lowest BCUT2D eigenvalue weighted by molar-refractivity contribution is -0.0918. The number of nitrogens with zero attached hydrogens (tertiary/aromatic N) is 3. The van der Waals surface area contributed by atoms with Gasteiger partial charge in [0.2, 0.25) is 0 Å². The molecule has 0 radical (unpaired) electrons. The molecule has 1 fully saturated rings. The molecule has 0 saturated carbocycles. The minimum absolute atomic E-state index is 0.0414. The summed E-state index contributed by atoms with van der Waals surface area (Å²) in [6.07, 6.45) is 6.40. The monoisotopic (exact) mass is 698 g/mol. The lowest BCUT2D eigenvalue weighted by Crippen LogP contribution is -2.38. The number of imidazole rings is 1. The normalized spacial score (nSPS) is 18.1. The van der Waals surface area contributed by atoms with Crippen LogP contribution in [0.4, 0.5) is 0 Å². The van der Waals surface area contributed by atoms with Gasteiger partial charge in [-0.3, -0.25) is 18.7 Å². The van der Waals surface area contributed by atoms with Crippen LogP contribution in [0.15, 0.2) is 126 Å². The number of rotatable bonds is 15. The van der Waals surface area contributed by atoms with Crippen molar-refractivity contribution in [2.24, 2.45) is 0 Å². The fourth-order valence-corrected chi connectivity index (χ4v) is 7.25. The fourth-order valence-electron chi connectivity index (χ4n) is 5.95. The number of aromatic amines is 1. The summed E-state index contributed by atoms with van der Waals surface area (Å²) in [5, 5.41) is 0. The van der Waals surface area contributed by atoms with E-state index in [2.05, 4.69) is 16.5 Å². The van der Waals surface area contributed by atoms with Gasteiger partial charge in [0.05, 0.1) is 33.5 Å². The summed E-state index contributed by atoms with van der Waals surface area (Å²) < 4.78 is 40.6. The van der Waals surface area contributed by atoms with Crippen LogP contribution in [-0.2, 0) is 24.1 Å². The first kappa shape index (κ1) is 35.0. The van der Waals surface area contributed by atoms with Gasteiger partial charge in [-0.2, -0.15) is 0 Å². The Labute approximate surface area is 290 Å². The molecule has 3 heterocycles. The molecule has 2 aromatic heterocycles. The molecule has 0 aliphatic carbocycles. The Bertz CT molecular complexity index is 1920. The van der Waals surface area contributed by atoms with Crippen LogP contribution in [0.25, 0.3) is 0 Å². The van der Waals surface area contributed by atoms with Crippen LogP contribution < -0.4 is 20.7 Å². The zero-order valence-corrected chi connectivity index (χ0v) is 28.9. The van der Waals surface area contributed by atoms with Crippen LogP contribution in [0, 0.1) is 6.92 Å². The Hall–Kier alpha value is -4.84. The van der Waals surface area contributed by atoms with Gasteiger partial charge < -0.3 is 28.0 Å². The van der Waals surface area contributed by atoms with Gasteiger partial charge in [0.15, 0.2) is 0 Å². The van der Waals surface area contributed by atoms with Gasteiger partial charge >= 0.3 is 5.69 Å². The number of hydrogen-bond acceptors (Lipinski definition) is 9. The van der Waals surface area contributed by atoms with Gasteiger partial charge in [0.1, 0.15) is 35.8 Å². The number of aromatic nitrogens is 4. The van der Waals surface area contributed by atoms with Gasteiger partial charge in [-0.1, -0.05) is 60.7 Å². The molecule has 1 saturated heterocycles. The van der Waals surface area contributed by atoms with E-state index in [1.54, 1.807) is 50.3 Å². The number of hydrogen-bond donors (Lipinski definition) is 1. The molecule has 3 aromatic carbocycles. The molecule has 1 aliphatic heterocycles. The molecular weight excluding hydrogens is 659 g/mol. The number of H-pyrrole nitrogens is 1. The van der Waals surface area contributed by atoms with Gasteiger partial charge in [-0.25, -0.2) is 9.78 Å².